The van der Waals surface area contributed by atoms with E-state index in [4.69, 9.17) is 0 Å². The summed E-state index contributed by atoms with van der Waals surface area (Å²) in [6, 6.07) is 21.6. The molecule has 0 amide bonds. The number of ketones is 1. The van der Waals surface area contributed by atoms with Gasteiger partial charge in [0.2, 0.25) is 0 Å². The quantitative estimate of drug-likeness (QED) is 0.456. The third-order valence-corrected chi connectivity index (χ3v) is 3.88. The topological polar surface area (TPSA) is 17.1 Å². The van der Waals surface area contributed by atoms with Gasteiger partial charge in [0.05, 0.1) is 0 Å². The number of carbonyl (C=O) groups excluding carboxylic acids is 1. The minimum Gasteiger partial charge on any atom is -0.289 e. The van der Waals surface area contributed by atoms with Crippen LogP contribution in [0.15, 0.2) is 77.3 Å². The molecule has 0 atom stereocenters. The molecule has 21 heavy (non-hydrogen) atoms. The standard InChI is InChI=1S/C19H13BrO/c20-16-11-8-14(9-12-16)10-13-19(21)18-7-3-5-15-4-1-2-6-17(15)18/h1-13H/b13-10+. The molecule has 1 nitrogen and oxygen atoms in total. The maximum absolute atomic E-state index is 12.4. The van der Waals surface area contributed by atoms with Crippen LogP contribution in [0.25, 0.3) is 16.8 Å². The highest BCUT2D eigenvalue weighted by Gasteiger charge is 2.06. The van der Waals surface area contributed by atoms with Crippen LogP contribution in [0, 0.1) is 0 Å². The third kappa shape index (κ3) is 3.11. The largest absolute Gasteiger partial charge is 0.289 e. The molecule has 0 radical (unpaired) electrons. The van der Waals surface area contributed by atoms with E-state index in [0.717, 1.165) is 26.4 Å². The van der Waals surface area contributed by atoms with Gasteiger partial charge in [0.1, 0.15) is 0 Å². The van der Waals surface area contributed by atoms with Gasteiger partial charge in [-0.05, 0) is 34.5 Å². The van der Waals surface area contributed by atoms with Crippen LogP contribution >= 0.6 is 15.9 Å². The van der Waals surface area contributed by atoms with E-state index in [9.17, 15) is 4.79 Å². The molecule has 2 heteroatoms. The molecule has 102 valence electrons. The lowest BCUT2D eigenvalue weighted by Gasteiger charge is -2.02. The second-order valence-electron chi connectivity index (χ2n) is 4.78. The molecule has 0 N–H and O–H groups in total. The van der Waals surface area contributed by atoms with Crippen molar-refractivity contribution in [2.24, 2.45) is 0 Å². The van der Waals surface area contributed by atoms with Crippen LogP contribution in [0.2, 0.25) is 0 Å². The Labute approximate surface area is 132 Å². The van der Waals surface area contributed by atoms with Crippen molar-refractivity contribution in [3.05, 3.63) is 88.4 Å². The van der Waals surface area contributed by atoms with Crippen molar-refractivity contribution >= 4 is 38.6 Å². The Morgan fingerprint density at radius 1 is 0.857 bits per heavy atom. The predicted octanol–water partition coefficient (Wildman–Crippen LogP) is 5.50. The van der Waals surface area contributed by atoms with Crippen LogP contribution in [0.4, 0.5) is 0 Å². The van der Waals surface area contributed by atoms with Crippen molar-refractivity contribution < 1.29 is 4.79 Å². The van der Waals surface area contributed by atoms with Gasteiger partial charge in [-0.1, -0.05) is 76.6 Å². The molecule has 0 bridgehead atoms. The van der Waals surface area contributed by atoms with E-state index in [0.29, 0.717) is 0 Å². The van der Waals surface area contributed by atoms with Crippen LogP contribution in [-0.4, -0.2) is 5.78 Å². The van der Waals surface area contributed by atoms with Gasteiger partial charge in [0.15, 0.2) is 5.78 Å². The minimum atomic E-state index is 0.0229. The van der Waals surface area contributed by atoms with E-state index in [1.165, 1.54) is 0 Å². The Balaban J connectivity index is 1.92. The molecule has 0 heterocycles. The van der Waals surface area contributed by atoms with Crippen molar-refractivity contribution in [3.8, 4) is 0 Å². The second-order valence-corrected chi connectivity index (χ2v) is 5.69. The zero-order valence-electron chi connectivity index (χ0n) is 11.3. The van der Waals surface area contributed by atoms with Gasteiger partial charge < -0.3 is 0 Å². The van der Waals surface area contributed by atoms with Crippen molar-refractivity contribution in [1.82, 2.24) is 0 Å². The van der Waals surface area contributed by atoms with Crippen LogP contribution in [-0.2, 0) is 0 Å². The van der Waals surface area contributed by atoms with Gasteiger partial charge >= 0.3 is 0 Å². The first-order valence-electron chi connectivity index (χ1n) is 6.70. The smallest absolute Gasteiger partial charge is 0.186 e. The average Bonchev–Trinajstić information content (AvgIpc) is 2.53. The third-order valence-electron chi connectivity index (χ3n) is 3.35. The van der Waals surface area contributed by atoms with Crippen molar-refractivity contribution in [3.63, 3.8) is 0 Å². The van der Waals surface area contributed by atoms with E-state index in [2.05, 4.69) is 15.9 Å². The number of rotatable bonds is 3. The number of allylic oxidation sites excluding steroid dienone is 1. The molecule has 0 saturated heterocycles. The van der Waals surface area contributed by atoms with Gasteiger partial charge in [0, 0.05) is 10.0 Å². The Morgan fingerprint density at radius 2 is 1.57 bits per heavy atom. The molecular weight excluding hydrogens is 324 g/mol. The number of halogens is 1. The van der Waals surface area contributed by atoms with Gasteiger partial charge in [0.25, 0.3) is 0 Å². The SMILES string of the molecule is O=C(/C=C/c1ccc(Br)cc1)c1cccc2ccccc12. The van der Waals surface area contributed by atoms with E-state index < -0.39 is 0 Å². The minimum absolute atomic E-state index is 0.0229. The molecule has 0 aliphatic carbocycles. The molecule has 3 rings (SSSR count). The van der Waals surface area contributed by atoms with Crippen LogP contribution in [0.3, 0.4) is 0 Å². The highest BCUT2D eigenvalue weighted by molar-refractivity contribution is 9.10. The Kier molecular flexibility index (Phi) is 3.98. The van der Waals surface area contributed by atoms with Crippen LogP contribution in [0.1, 0.15) is 15.9 Å². The van der Waals surface area contributed by atoms with Crippen LogP contribution in [0.5, 0.6) is 0 Å². The summed E-state index contributed by atoms with van der Waals surface area (Å²) in [6.07, 6.45) is 3.47. The fraction of sp³-hybridized carbons (Fsp3) is 0. The summed E-state index contributed by atoms with van der Waals surface area (Å²) in [7, 11) is 0. The molecule has 3 aromatic carbocycles. The molecule has 0 aromatic heterocycles. The fourth-order valence-corrected chi connectivity index (χ4v) is 2.54. The van der Waals surface area contributed by atoms with Crippen molar-refractivity contribution in [2.45, 2.75) is 0 Å². The first-order valence-corrected chi connectivity index (χ1v) is 7.49. The van der Waals surface area contributed by atoms with Gasteiger partial charge in [-0.25, -0.2) is 0 Å². The number of hydrogen-bond donors (Lipinski definition) is 0. The maximum atomic E-state index is 12.4. The molecule has 0 aliphatic rings. The normalized spacial score (nSPS) is 11.1. The zero-order chi connectivity index (χ0) is 14.7. The molecule has 0 unspecified atom stereocenters. The van der Waals surface area contributed by atoms with E-state index in [1.54, 1.807) is 6.08 Å². The second kappa shape index (κ2) is 6.06. The van der Waals surface area contributed by atoms with Crippen LogP contribution < -0.4 is 0 Å². The molecular formula is C19H13BrO. The maximum Gasteiger partial charge on any atom is 0.186 e. The van der Waals surface area contributed by atoms with Crippen molar-refractivity contribution in [2.75, 3.05) is 0 Å². The summed E-state index contributed by atoms with van der Waals surface area (Å²) in [4.78, 5) is 12.4. The Hall–Kier alpha value is -2.19. The molecule has 3 aromatic rings. The lowest BCUT2D eigenvalue weighted by Crippen LogP contribution is -1.95. The van der Waals surface area contributed by atoms with E-state index in [-0.39, 0.29) is 5.78 Å². The molecule has 0 saturated carbocycles. The highest BCUT2D eigenvalue weighted by atomic mass is 79.9. The lowest BCUT2D eigenvalue weighted by molar-refractivity contribution is 0.104. The lowest BCUT2D eigenvalue weighted by atomic mass is 10.0. The summed E-state index contributed by atoms with van der Waals surface area (Å²) in [5.74, 6) is 0.0229. The number of fused-ring (bicyclic) bond motifs is 1. The van der Waals surface area contributed by atoms with Gasteiger partial charge in [-0.15, -0.1) is 0 Å². The zero-order valence-corrected chi connectivity index (χ0v) is 12.9. The summed E-state index contributed by atoms with van der Waals surface area (Å²) in [5, 5.41) is 2.07. The number of benzene rings is 3. The Morgan fingerprint density at radius 3 is 2.38 bits per heavy atom. The summed E-state index contributed by atoms with van der Waals surface area (Å²) in [5.41, 5.74) is 1.74. The summed E-state index contributed by atoms with van der Waals surface area (Å²) < 4.78 is 1.03. The molecule has 0 aliphatic heterocycles. The number of hydrogen-bond acceptors (Lipinski definition) is 1. The van der Waals surface area contributed by atoms with E-state index >= 15 is 0 Å². The molecule has 0 spiro atoms. The fourth-order valence-electron chi connectivity index (χ4n) is 2.28. The molecule has 0 fully saturated rings. The number of carbonyl (C=O) groups is 1. The predicted molar refractivity (Wildman–Crippen MR) is 91.5 cm³/mol. The van der Waals surface area contributed by atoms with Gasteiger partial charge in [-0.2, -0.15) is 0 Å². The first kappa shape index (κ1) is 13.8. The average molecular weight is 337 g/mol. The highest BCUT2D eigenvalue weighted by Crippen LogP contribution is 2.19. The summed E-state index contributed by atoms with van der Waals surface area (Å²) in [6.45, 7) is 0. The van der Waals surface area contributed by atoms with Crippen molar-refractivity contribution in [1.29, 1.82) is 0 Å². The van der Waals surface area contributed by atoms with E-state index in [1.807, 2.05) is 72.8 Å². The monoisotopic (exact) mass is 336 g/mol. The summed E-state index contributed by atoms with van der Waals surface area (Å²) >= 11 is 3.40. The van der Waals surface area contributed by atoms with Gasteiger partial charge in [-0.3, -0.25) is 4.79 Å². The first-order chi connectivity index (χ1) is 10.2. The Bertz CT molecular complexity index is 811.